The Morgan fingerprint density at radius 2 is 2.00 bits per heavy atom. The molecule has 0 bridgehead atoms. The summed E-state index contributed by atoms with van der Waals surface area (Å²) in [5.74, 6) is -0.196. The lowest BCUT2D eigenvalue weighted by Crippen LogP contribution is -2.19. The Hall–Kier alpha value is -2.17. The molecule has 0 radical (unpaired) electrons. The van der Waals surface area contributed by atoms with E-state index in [0.717, 1.165) is 4.57 Å². The third kappa shape index (κ3) is 1.38. The molecule has 1 heterocycles. The van der Waals surface area contributed by atoms with Crippen molar-refractivity contribution in [2.45, 2.75) is 0 Å². The molecule has 0 spiro atoms. The van der Waals surface area contributed by atoms with Gasteiger partial charge in [0.25, 0.3) is 0 Å². The number of rotatable bonds is 1. The molecule has 5 nitrogen and oxygen atoms in total. The summed E-state index contributed by atoms with van der Waals surface area (Å²) < 4.78 is 1.04. The van der Waals surface area contributed by atoms with Gasteiger partial charge in [-0.2, -0.15) is 4.57 Å². The number of aromatic nitrogens is 1. The van der Waals surface area contributed by atoms with Gasteiger partial charge in [0.05, 0.1) is 12.4 Å². The minimum atomic E-state index is -0.562. The van der Waals surface area contributed by atoms with E-state index >= 15 is 0 Å². The largest absolute Gasteiger partial charge is 0.358 e. The second kappa shape index (κ2) is 3.20. The zero-order chi connectivity index (χ0) is 11.0. The van der Waals surface area contributed by atoms with Crippen LogP contribution in [0.1, 0.15) is 0 Å². The second-order valence-corrected chi connectivity index (χ2v) is 3.21. The van der Waals surface area contributed by atoms with Crippen LogP contribution in [-0.2, 0) is 7.05 Å². The summed E-state index contributed by atoms with van der Waals surface area (Å²) in [6.45, 7) is 0. The van der Waals surface area contributed by atoms with Gasteiger partial charge in [-0.05, 0) is 16.4 Å². The van der Waals surface area contributed by atoms with E-state index in [1.54, 1.807) is 24.3 Å². The molecule has 0 unspecified atom stereocenters. The normalized spacial score (nSPS) is 10.5. The summed E-state index contributed by atoms with van der Waals surface area (Å²) in [5.41, 5.74) is -0.347. The van der Waals surface area contributed by atoms with Crippen LogP contribution in [0, 0.1) is 10.1 Å². The smallest absolute Gasteiger partial charge is 0.341 e. The molecule has 0 aliphatic rings. The van der Waals surface area contributed by atoms with Gasteiger partial charge in [0, 0.05) is 6.07 Å². The maximum absolute atomic E-state index is 11.7. The van der Waals surface area contributed by atoms with Gasteiger partial charge in [0.1, 0.15) is 0 Å². The highest BCUT2D eigenvalue weighted by atomic mass is 16.6. The van der Waals surface area contributed by atoms with Crippen molar-refractivity contribution in [1.29, 1.82) is 0 Å². The highest BCUT2D eigenvalue weighted by Crippen LogP contribution is 2.15. The summed E-state index contributed by atoms with van der Waals surface area (Å²) in [5, 5.41) is 11.7. The van der Waals surface area contributed by atoms with Gasteiger partial charge in [-0.25, -0.2) is 4.79 Å². The molecular weight excluding hydrogens is 196 g/mol. The monoisotopic (exact) mass is 204 g/mol. The molecule has 0 aliphatic heterocycles. The van der Waals surface area contributed by atoms with Crippen LogP contribution in [0.4, 0.5) is 5.82 Å². The Labute approximate surface area is 84.7 Å². The number of hydrogen-bond donors (Lipinski definition) is 0. The van der Waals surface area contributed by atoms with E-state index in [9.17, 15) is 14.9 Å². The van der Waals surface area contributed by atoms with Gasteiger partial charge in [0.15, 0.2) is 0 Å². The van der Waals surface area contributed by atoms with E-state index in [4.69, 9.17) is 0 Å². The van der Waals surface area contributed by atoms with Crippen molar-refractivity contribution < 1.29 is 4.92 Å². The minimum absolute atomic E-state index is 0.196. The Morgan fingerprint density at radius 1 is 1.33 bits per heavy atom. The van der Waals surface area contributed by atoms with Crippen molar-refractivity contribution >= 4 is 16.6 Å². The van der Waals surface area contributed by atoms with E-state index in [1.807, 2.05) is 0 Å². The van der Waals surface area contributed by atoms with Crippen molar-refractivity contribution in [1.82, 2.24) is 4.57 Å². The fraction of sp³-hybridized carbons (Fsp3) is 0.100. The third-order valence-corrected chi connectivity index (χ3v) is 2.31. The highest BCUT2D eigenvalue weighted by Gasteiger charge is 2.13. The second-order valence-electron chi connectivity index (χ2n) is 3.21. The summed E-state index contributed by atoms with van der Waals surface area (Å²) in [7, 11) is 1.40. The van der Waals surface area contributed by atoms with E-state index in [0.29, 0.717) is 10.8 Å². The molecule has 76 valence electrons. The number of fused-ring (bicyclic) bond motifs is 1. The zero-order valence-corrected chi connectivity index (χ0v) is 8.01. The van der Waals surface area contributed by atoms with Crippen LogP contribution in [0.5, 0.6) is 0 Å². The molecule has 1 aromatic carbocycles. The first-order chi connectivity index (χ1) is 7.11. The van der Waals surface area contributed by atoms with E-state index in [-0.39, 0.29) is 11.4 Å². The SMILES string of the molecule is Cn1c([N+](=O)[O-])cc2ccccc2c1=O. The van der Waals surface area contributed by atoms with E-state index < -0.39 is 4.92 Å². The molecule has 1 aromatic heterocycles. The van der Waals surface area contributed by atoms with Gasteiger partial charge >= 0.3 is 11.4 Å². The lowest BCUT2D eigenvalue weighted by molar-refractivity contribution is -0.392. The molecule has 0 saturated carbocycles. The lowest BCUT2D eigenvalue weighted by atomic mass is 10.2. The molecule has 2 aromatic rings. The number of nitrogens with zero attached hydrogens (tertiary/aromatic N) is 2. The van der Waals surface area contributed by atoms with Gasteiger partial charge < -0.3 is 10.1 Å². The first-order valence-electron chi connectivity index (χ1n) is 4.34. The third-order valence-electron chi connectivity index (χ3n) is 2.31. The van der Waals surface area contributed by atoms with Crippen LogP contribution >= 0.6 is 0 Å². The van der Waals surface area contributed by atoms with Crippen molar-refractivity contribution in [2.75, 3.05) is 0 Å². The Kier molecular flexibility index (Phi) is 2.00. The van der Waals surface area contributed by atoms with Gasteiger partial charge in [0.2, 0.25) is 0 Å². The first kappa shape index (κ1) is 9.39. The van der Waals surface area contributed by atoms with Crippen molar-refractivity contribution in [3.8, 4) is 0 Å². The maximum atomic E-state index is 11.7. The number of benzene rings is 1. The van der Waals surface area contributed by atoms with Crippen molar-refractivity contribution in [3.05, 3.63) is 50.8 Å². The van der Waals surface area contributed by atoms with Gasteiger partial charge in [-0.3, -0.25) is 0 Å². The molecule has 2 rings (SSSR count). The van der Waals surface area contributed by atoms with Crippen LogP contribution in [0.15, 0.2) is 35.1 Å². The van der Waals surface area contributed by atoms with Crippen LogP contribution in [0.2, 0.25) is 0 Å². The topological polar surface area (TPSA) is 65.1 Å². The average Bonchev–Trinajstić information content (AvgIpc) is 2.23. The predicted molar refractivity (Wildman–Crippen MR) is 55.8 cm³/mol. The Balaban J connectivity index is 2.95. The molecular formula is C10H8N2O3. The minimum Gasteiger partial charge on any atom is -0.358 e. The summed E-state index contributed by atoms with van der Waals surface area (Å²) in [6.07, 6.45) is 0. The van der Waals surface area contributed by atoms with Crippen LogP contribution in [0.3, 0.4) is 0 Å². The van der Waals surface area contributed by atoms with Crippen LogP contribution < -0.4 is 5.56 Å². The van der Waals surface area contributed by atoms with Crippen LogP contribution in [-0.4, -0.2) is 9.49 Å². The van der Waals surface area contributed by atoms with E-state index in [1.165, 1.54) is 13.1 Å². The fourth-order valence-electron chi connectivity index (χ4n) is 1.51. The number of pyridine rings is 1. The maximum Gasteiger partial charge on any atom is 0.341 e. The first-order valence-corrected chi connectivity index (χ1v) is 4.34. The van der Waals surface area contributed by atoms with Crippen LogP contribution in [0.25, 0.3) is 10.8 Å². The predicted octanol–water partition coefficient (Wildman–Crippen LogP) is 1.45. The average molecular weight is 204 g/mol. The summed E-state index contributed by atoms with van der Waals surface area (Å²) >= 11 is 0. The molecule has 0 amide bonds. The molecule has 0 fully saturated rings. The van der Waals surface area contributed by atoms with Gasteiger partial charge in [-0.15, -0.1) is 0 Å². The number of nitro groups is 1. The number of hydrogen-bond acceptors (Lipinski definition) is 3. The Morgan fingerprint density at radius 3 is 2.67 bits per heavy atom. The molecule has 5 heteroatoms. The summed E-state index contributed by atoms with van der Waals surface area (Å²) in [4.78, 5) is 21.8. The van der Waals surface area contributed by atoms with Crippen molar-refractivity contribution in [3.63, 3.8) is 0 Å². The molecule has 0 saturated heterocycles. The Bertz CT molecular complexity index is 601. The molecule has 0 aliphatic carbocycles. The lowest BCUT2D eigenvalue weighted by Gasteiger charge is -2.01. The quantitative estimate of drug-likeness (QED) is 0.521. The standard InChI is InChI=1S/C10H8N2O3/c1-11-9(12(14)15)6-7-4-2-3-5-8(7)10(11)13/h2-6H,1H3. The molecule has 0 atom stereocenters. The fourth-order valence-corrected chi connectivity index (χ4v) is 1.51. The molecule has 0 N–H and O–H groups in total. The van der Waals surface area contributed by atoms with Gasteiger partial charge in [-0.1, -0.05) is 18.2 Å². The van der Waals surface area contributed by atoms with Crippen molar-refractivity contribution in [2.24, 2.45) is 7.05 Å². The highest BCUT2D eigenvalue weighted by molar-refractivity contribution is 5.82. The van der Waals surface area contributed by atoms with E-state index in [2.05, 4.69) is 0 Å². The molecule has 15 heavy (non-hydrogen) atoms. The zero-order valence-electron chi connectivity index (χ0n) is 8.01. The summed E-state index contributed by atoms with van der Waals surface area (Å²) in [6, 6.07) is 8.21.